The molecule has 3 aromatic carbocycles. The molecule has 5 aromatic rings. The minimum absolute atomic E-state index is 0.118. The van der Waals surface area contributed by atoms with E-state index in [1.54, 1.807) is 0 Å². The molecule has 0 bridgehead atoms. The number of hydrogen-bond acceptors (Lipinski definition) is 5. The van der Waals surface area contributed by atoms with Gasteiger partial charge in [0.25, 0.3) is 0 Å². The lowest BCUT2D eigenvalue weighted by molar-refractivity contribution is 0.0665. The van der Waals surface area contributed by atoms with Crippen LogP contribution in [0.15, 0.2) is 90.4 Å². The van der Waals surface area contributed by atoms with Crippen LogP contribution >= 0.6 is 11.3 Å². The van der Waals surface area contributed by atoms with Gasteiger partial charge in [-0.05, 0) is 77.6 Å². The molecule has 0 amide bonds. The molecular weight excluding hydrogens is 504 g/mol. The Balaban J connectivity index is 1.10. The summed E-state index contributed by atoms with van der Waals surface area (Å²) in [4.78, 5) is 26.2. The third-order valence-corrected chi connectivity index (χ3v) is 8.39. The molecule has 0 N–H and O–H groups in total. The van der Waals surface area contributed by atoms with Crippen LogP contribution in [0.4, 0.5) is 0 Å². The van der Waals surface area contributed by atoms with Crippen LogP contribution in [-0.4, -0.2) is 34.6 Å². The van der Waals surface area contributed by atoms with Gasteiger partial charge < -0.3 is 4.74 Å². The minimum atomic E-state index is 0.118. The van der Waals surface area contributed by atoms with Gasteiger partial charge in [-0.1, -0.05) is 48.5 Å². The van der Waals surface area contributed by atoms with Gasteiger partial charge in [0.15, 0.2) is 11.6 Å². The Labute approximate surface area is 232 Å². The Morgan fingerprint density at radius 3 is 2.31 bits per heavy atom. The summed E-state index contributed by atoms with van der Waals surface area (Å²) in [6.07, 6.45) is 5.85. The Kier molecular flexibility index (Phi) is 7.48. The Morgan fingerprint density at radius 2 is 1.56 bits per heavy atom. The number of hydrogen-bond donors (Lipinski definition) is 0. The second-order valence-corrected chi connectivity index (χ2v) is 11.2. The Bertz CT molecular complexity index is 1580. The number of thiophene rings is 1. The lowest BCUT2D eigenvalue weighted by atomic mass is 9.91. The monoisotopic (exact) mass is 534 g/mol. The highest BCUT2D eigenvalue weighted by Crippen LogP contribution is 2.23. The number of aromatic nitrogens is 2. The first-order valence-electron chi connectivity index (χ1n) is 13.4. The molecule has 1 fully saturated rings. The van der Waals surface area contributed by atoms with E-state index in [0.717, 1.165) is 70.6 Å². The molecule has 6 rings (SSSR count). The van der Waals surface area contributed by atoms with Gasteiger partial charge in [-0.3, -0.25) is 9.59 Å². The first kappa shape index (κ1) is 25.4. The third-order valence-electron chi connectivity index (χ3n) is 7.48. The van der Waals surface area contributed by atoms with Crippen LogP contribution in [0.3, 0.4) is 0 Å². The fraction of sp³-hybridized carbons (Fsp3) is 0.242. The molecule has 1 aliphatic heterocycles. The van der Waals surface area contributed by atoms with E-state index in [9.17, 15) is 9.59 Å². The molecule has 0 spiro atoms. The smallest absolute Gasteiger partial charge is 0.177 e. The maximum Gasteiger partial charge on any atom is 0.177 e. The van der Waals surface area contributed by atoms with Crippen molar-refractivity contribution in [2.75, 3.05) is 13.2 Å². The minimum Gasteiger partial charge on any atom is -0.381 e. The number of ether oxygens (including phenoxy) is 1. The average Bonchev–Trinajstić information content (AvgIpc) is 3.65. The fourth-order valence-corrected chi connectivity index (χ4v) is 5.93. The van der Waals surface area contributed by atoms with Crippen LogP contribution in [-0.2, 0) is 24.0 Å². The van der Waals surface area contributed by atoms with E-state index in [-0.39, 0.29) is 11.6 Å². The Morgan fingerprint density at radius 1 is 0.846 bits per heavy atom. The SMILES string of the molecule is O=C(Cc1ccc2c(cnn2-c2ccc(CC(=O)c3cccs3)cc2)c1)c1ccc(CC2CCOCC2)cc1. The second-order valence-electron chi connectivity index (χ2n) is 10.2. The third kappa shape index (κ3) is 5.92. The zero-order valence-electron chi connectivity index (χ0n) is 21.7. The maximum absolute atomic E-state index is 13.0. The van der Waals surface area contributed by atoms with Crippen molar-refractivity contribution in [3.8, 4) is 5.69 Å². The van der Waals surface area contributed by atoms with E-state index < -0.39 is 0 Å². The molecule has 1 aliphatic rings. The van der Waals surface area contributed by atoms with Gasteiger partial charge in [-0.15, -0.1) is 11.3 Å². The molecular formula is C33H30N2O3S. The van der Waals surface area contributed by atoms with Gasteiger partial charge in [0.2, 0.25) is 0 Å². The van der Waals surface area contributed by atoms with Crippen LogP contribution < -0.4 is 0 Å². The van der Waals surface area contributed by atoms with Crippen molar-refractivity contribution in [2.45, 2.75) is 32.1 Å². The zero-order chi connectivity index (χ0) is 26.6. The summed E-state index contributed by atoms with van der Waals surface area (Å²) >= 11 is 1.47. The maximum atomic E-state index is 13.0. The van der Waals surface area contributed by atoms with E-state index in [2.05, 4.69) is 17.2 Å². The summed E-state index contributed by atoms with van der Waals surface area (Å²) in [5.41, 5.74) is 5.90. The van der Waals surface area contributed by atoms with Crippen molar-refractivity contribution in [2.24, 2.45) is 5.92 Å². The molecule has 196 valence electrons. The standard InChI is InChI=1S/C33H30N2O3S/c36-31(27-8-3-23(4-9-27)18-25-13-15-38-16-14-25)21-26-7-12-30-28(19-26)22-34-35(30)29-10-5-24(6-11-29)20-32(37)33-2-1-17-39-33/h1-12,17,19,22,25H,13-16,18,20-21H2. The summed E-state index contributed by atoms with van der Waals surface area (Å²) in [5.74, 6) is 0.925. The van der Waals surface area contributed by atoms with Crippen LogP contribution in [0.2, 0.25) is 0 Å². The number of nitrogens with zero attached hydrogens (tertiary/aromatic N) is 2. The van der Waals surface area contributed by atoms with Crippen LogP contribution in [0.5, 0.6) is 0 Å². The summed E-state index contributed by atoms with van der Waals surface area (Å²) in [6, 6.07) is 25.9. The molecule has 1 saturated heterocycles. The van der Waals surface area contributed by atoms with Gasteiger partial charge in [0.1, 0.15) is 0 Å². The molecule has 39 heavy (non-hydrogen) atoms. The topological polar surface area (TPSA) is 61.2 Å². The van der Waals surface area contributed by atoms with Gasteiger partial charge >= 0.3 is 0 Å². The van der Waals surface area contributed by atoms with Crippen molar-refractivity contribution in [3.05, 3.63) is 118 Å². The highest BCUT2D eigenvalue weighted by atomic mass is 32.1. The largest absolute Gasteiger partial charge is 0.381 e. The van der Waals surface area contributed by atoms with Crippen LogP contribution in [0.1, 0.15) is 49.6 Å². The number of rotatable bonds is 9. The van der Waals surface area contributed by atoms with E-state index >= 15 is 0 Å². The quantitative estimate of drug-likeness (QED) is 0.193. The van der Waals surface area contributed by atoms with Crippen LogP contribution in [0.25, 0.3) is 16.6 Å². The summed E-state index contributed by atoms with van der Waals surface area (Å²) < 4.78 is 7.35. The van der Waals surface area contributed by atoms with Crippen molar-refractivity contribution >= 4 is 33.8 Å². The predicted molar refractivity (Wildman–Crippen MR) is 155 cm³/mol. The highest BCUT2D eigenvalue weighted by Gasteiger charge is 2.15. The van der Waals surface area contributed by atoms with E-state index in [1.807, 2.05) is 83.0 Å². The summed E-state index contributed by atoms with van der Waals surface area (Å²) in [6.45, 7) is 1.71. The number of carbonyl (C=O) groups excluding carboxylic acids is 2. The number of carbonyl (C=O) groups is 2. The van der Waals surface area contributed by atoms with E-state index in [4.69, 9.17) is 4.74 Å². The molecule has 0 unspecified atom stereocenters. The van der Waals surface area contributed by atoms with Crippen molar-refractivity contribution in [1.82, 2.24) is 9.78 Å². The Hall–Kier alpha value is -3.87. The number of ketones is 2. The lowest BCUT2D eigenvalue weighted by Gasteiger charge is -2.21. The van der Waals surface area contributed by atoms with Gasteiger partial charge in [-0.25, -0.2) is 4.68 Å². The van der Waals surface area contributed by atoms with E-state index in [0.29, 0.717) is 18.8 Å². The predicted octanol–water partition coefficient (Wildman–Crippen LogP) is 6.91. The summed E-state index contributed by atoms with van der Waals surface area (Å²) in [5, 5.41) is 7.50. The van der Waals surface area contributed by atoms with Gasteiger partial charge in [0, 0.05) is 37.0 Å². The normalized spacial score (nSPS) is 14.1. The summed E-state index contributed by atoms with van der Waals surface area (Å²) in [7, 11) is 0. The molecule has 5 nitrogen and oxygen atoms in total. The highest BCUT2D eigenvalue weighted by molar-refractivity contribution is 7.12. The first-order chi connectivity index (χ1) is 19.1. The molecule has 0 saturated carbocycles. The lowest BCUT2D eigenvalue weighted by Crippen LogP contribution is -2.17. The van der Waals surface area contributed by atoms with Crippen molar-refractivity contribution in [1.29, 1.82) is 0 Å². The van der Waals surface area contributed by atoms with Crippen molar-refractivity contribution < 1.29 is 14.3 Å². The molecule has 0 aliphatic carbocycles. The number of Topliss-reactive ketones (excluding diaryl/α,β-unsaturated/α-hetero) is 2. The van der Waals surface area contributed by atoms with E-state index in [1.165, 1.54) is 16.9 Å². The molecule has 0 atom stereocenters. The molecule has 0 radical (unpaired) electrons. The fourth-order valence-electron chi connectivity index (χ4n) is 5.26. The van der Waals surface area contributed by atoms with Crippen molar-refractivity contribution in [3.63, 3.8) is 0 Å². The number of fused-ring (bicyclic) bond motifs is 1. The molecule has 2 aromatic heterocycles. The van der Waals surface area contributed by atoms with Crippen LogP contribution in [0, 0.1) is 5.92 Å². The number of benzene rings is 3. The molecule has 3 heterocycles. The average molecular weight is 535 g/mol. The second kappa shape index (κ2) is 11.5. The molecule has 6 heteroatoms. The zero-order valence-corrected chi connectivity index (χ0v) is 22.5. The van der Waals surface area contributed by atoms with Gasteiger partial charge in [-0.2, -0.15) is 5.10 Å². The van der Waals surface area contributed by atoms with Gasteiger partial charge in [0.05, 0.1) is 22.3 Å². The first-order valence-corrected chi connectivity index (χ1v) is 14.3.